The van der Waals surface area contributed by atoms with Crippen LogP contribution >= 0.6 is 0 Å². The summed E-state index contributed by atoms with van der Waals surface area (Å²) in [4.78, 5) is 4.42. The highest BCUT2D eigenvalue weighted by Gasteiger charge is 2.21. The Morgan fingerprint density at radius 2 is 1.91 bits per heavy atom. The molecule has 1 aromatic carbocycles. The molecule has 0 aliphatic carbocycles. The first-order valence-electron chi connectivity index (χ1n) is 7.29. The van der Waals surface area contributed by atoms with Crippen molar-refractivity contribution in [2.75, 3.05) is 7.11 Å². The quantitative estimate of drug-likeness (QED) is 0.869. The van der Waals surface area contributed by atoms with Gasteiger partial charge in [-0.25, -0.2) is 13.1 Å². The molecule has 0 aliphatic rings. The summed E-state index contributed by atoms with van der Waals surface area (Å²) in [5, 5.41) is 3.90. The number of ether oxygens (including phenoxy) is 1. The Hall–Kier alpha value is -1.93. The van der Waals surface area contributed by atoms with E-state index in [9.17, 15) is 8.42 Å². The van der Waals surface area contributed by atoms with Gasteiger partial charge in [0.25, 0.3) is 5.89 Å². The van der Waals surface area contributed by atoms with Gasteiger partial charge in [0, 0.05) is 12.0 Å². The molecule has 0 radical (unpaired) electrons. The van der Waals surface area contributed by atoms with Crippen molar-refractivity contribution in [3.8, 4) is 17.2 Å². The van der Waals surface area contributed by atoms with Crippen LogP contribution in [0.15, 0.2) is 27.6 Å². The Kier molecular flexibility index (Phi) is 5.06. The van der Waals surface area contributed by atoms with E-state index in [0.29, 0.717) is 17.1 Å². The molecule has 0 fully saturated rings. The van der Waals surface area contributed by atoms with Crippen LogP contribution in [0, 0.1) is 0 Å². The fraction of sp³-hybridized carbons (Fsp3) is 0.467. The molecule has 0 aliphatic heterocycles. The molecule has 0 unspecified atom stereocenters. The number of hydrogen-bond acceptors (Lipinski definition) is 6. The van der Waals surface area contributed by atoms with Gasteiger partial charge in [-0.3, -0.25) is 0 Å². The van der Waals surface area contributed by atoms with Crippen LogP contribution in [0.2, 0.25) is 0 Å². The summed E-state index contributed by atoms with van der Waals surface area (Å²) >= 11 is 0. The lowest BCUT2D eigenvalue weighted by Gasteiger charge is -2.11. The van der Waals surface area contributed by atoms with E-state index in [1.165, 1.54) is 19.2 Å². The highest BCUT2D eigenvalue weighted by molar-refractivity contribution is 7.89. The highest BCUT2D eigenvalue weighted by Crippen LogP contribution is 2.31. The maximum absolute atomic E-state index is 12.3. The average Bonchev–Trinajstić information content (AvgIpc) is 2.95. The van der Waals surface area contributed by atoms with E-state index in [-0.39, 0.29) is 22.7 Å². The second-order valence-corrected chi connectivity index (χ2v) is 7.46. The number of nitrogens with zero attached hydrogens (tertiary/aromatic N) is 2. The van der Waals surface area contributed by atoms with Crippen LogP contribution in [0.25, 0.3) is 11.5 Å². The zero-order valence-corrected chi connectivity index (χ0v) is 14.6. The number of aromatic nitrogens is 2. The number of rotatable bonds is 6. The first kappa shape index (κ1) is 17.4. The molecular formula is C15H21N3O4S. The van der Waals surface area contributed by atoms with Crippen molar-refractivity contribution < 1.29 is 17.7 Å². The van der Waals surface area contributed by atoms with Crippen LogP contribution in [0.1, 0.15) is 39.4 Å². The Morgan fingerprint density at radius 1 is 1.22 bits per heavy atom. The van der Waals surface area contributed by atoms with Crippen LogP contribution < -0.4 is 9.46 Å². The molecule has 2 aromatic rings. The van der Waals surface area contributed by atoms with E-state index < -0.39 is 10.0 Å². The molecule has 1 aromatic heterocycles. The van der Waals surface area contributed by atoms with Gasteiger partial charge >= 0.3 is 0 Å². The molecule has 23 heavy (non-hydrogen) atoms. The molecule has 126 valence electrons. The van der Waals surface area contributed by atoms with Crippen LogP contribution in [-0.4, -0.2) is 31.7 Å². The molecular weight excluding hydrogens is 318 g/mol. The van der Waals surface area contributed by atoms with Crippen LogP contribution in [0.5, 0.6) is 5.75 Å². The molecule has 8 heteroatoms. The van der Waals surface area contributed by atoms with Crippen molar-refractivity contribution in [2.24, 2.45) is 0 Å². The maximum atomic E-state index is 12.3. The zero-order chi connectivity index (χ0) is 17.2. The summed E-state index contributed by atoms with van der Waals surface area (Å²) in [6.07, 6.45) is 0. The Balaban J connectivity index is 2.51. The lowest BCUT2D eigenvalue weighted by atomic mass is 10.2. The third-order valence-corrected chi connectivity index (χ3v) is 4.72. The summed E-state index contributed by atoms with van der Waals surface area (Å²) in [5.41, 5.74) is 0.443. The van der Waals surface area contributed by atoms with E-state index >= 15 is 0 Å². The summed E-state index contributed by atoms with van der Waals surface area (Å²) in [6, 6.07) is 4.32. The minimum atomic E-state index is -3.62. The Labute approximate surface area is 136 Å². The first-order chi connectivity index (χ1) is 10.7. The first-order valence-corrected chi connectivity index (χ1v) is 8.77. The molecule has 0 bridgehead atoms. The molecule has 1 N–H and O–H groups in total. The lowest BCUT2D eigenvalue weighted by Crippen LogP contribution is -2.30. The number of hydrogen-bond donors (Lipinski definition) is 1. The van der Waals surface area contributed by atoms with Gasteiger partial charge in [0.05, 0.1) is 17.6 Å². The van der Waals surface area contributed by atoms with Crippen molar-refractivity contribution in [2.45, 2.75) is 44.6 Å². The van der Waals surface area contributed by atoms with Gasteiger partial charge in [0.1, 0.15) is 5.75 Å². The predicted octanol–water partition coefficient (Wildman–Crippen LogP) is 2.56. The highest BCUT2D eigenvalue weighted by atomic mass is 32.2. The predicted molar refractivity (Wildman–Crippen MR) is 85.8 cm³/mol. The molecule has 0 spiro atoms. The van der Waals surface area contributed by atoms with Crippen molar-refractivity contribution in [1.29, 1.82) is 0 Å². The van der Waals surface area contributed by atoms with E-state index in [1.807, 2.05) is 13.8 Å². The molecule has 0 atom stereocenters. The summed E-state index contributed by atoms with van der Waals surface area (Å²) < 4.78 is 37.7. The van der Waals surface area contributed by atoms with Crippen LogP contribution in [-0.2, 0) is 10.0 Å². The van der Waals surface area contributed by atoms with E-state index in [0.717, 1.165) is 0 Å². The van der Waals surface area contributed by atoms with Gasteiger partial charge < -0.3 is 9.26 Å². The normalized spacial score (nSPS) is 12.1. The summed E-state index contributed by atoms with van der Waals surface area (Å²) in [5.74, 6) is 1.35. The topological polar surface area (TPSA) is 94.3 Å². The molecule has 0 saturated carbocycles. The van der Waals surface area contributed by atoms with Crippen molar-refractivity contribution in [3.05, 3.63) is 24.0 Å². The van der Waals surface area contributed by atoms with Crippen LogP contribution in [0.3, 0.4) is 0 Å². The fourth-order valence-corrected chi connectivity index (χ4v) is 3.26. The van der Waals surface area contributed by atoms with Crippen LogP contribution in [0.4, 0.5) is 0 Å². The second kappa shape index (κ2) is 6.67. The second-order valence-electron chi connectivity index (χ2n) is 5.75. The number of methoxy groups -OCH3 is 1. The minimum Gasteiger partial charge on any atom is -0.496 e. The zero-order valence-electron chi connectivity index (χ0n) is 13.8. The summed E-state index contributed by atoms with van der Waals surface area (Å²) in [7, 11) is -2.12. The third-order valence-electron chi connectivity index (χ3n) is 3.06. The van der Waals surface area contributed by atoms with Gasteiger partial charge in [-0.05, 0) is 32.0 Å². The van der Waals surface area contributed by atoms with E-state index in [2.05, 4.69) is 14.9 Å². The van der Waals surface area contributed by atoms with Gasteiger partial charge in [0.2, 0.25) is 10.0 Å². The third kappa shape index (κ3) is 3.89. The Morgan fingerprint density at radius 3 is 2.43 bits per heavy atom. The van der Waals surface area contributed by atoms with Gasteiger partial charge in [-0.15, -0.1) is 0 Å². The molecule has 2 rings (SSSR count). The minimum absolute atomic E-state index is 0.105. The lowest BCUT2D eigenvalue weighted by molar-refractivity contribution is 0.401. The maximum Gasteiger partial charge on any atom is 0.261 e. The molecule has 1 heterocycles. The smallest absolute Gasteiger partial charge is 0.261 e. The van der Waals surface area contributed by atoms with Crippen molar-refractivity contribution in [3.63, 3.8) is 0 Å². The van der Waals surface area contributed by atoms with E-state index in [1.54, 1.807) is 19.9 Å². The Bertz CT molecular complexity index is 782. The standard InChI is InChI=1S/C15H21N3O4S/c1-9(2)14-16-15(22-17-14)12-8-11(6-7-13(12)21-5)23(19,20)18-10(3)4/h6-10,18H,1-5H3. The van der Waals surface area contributed by atoms with Crippen molar-refractivity contribution in [1.82, 2.24) is 14.9 Å². The number of sulfonamides is 1. The largest absolute Gasteiger partial charge is 0.496 e. The monoisotopic (exact) mass is 339 g/mol. The average molecular weight is 339 g/mol. The molecule has 7 nitrogen and oxygen atoms in total. The SMILES string of the molecule is COc1ccc(S(=O)(=O)NC(C)C)cc1-c1nc(C(C)C)no1. The van der Waals surface area contributed by atoms with Gasteiger partial charge in [-0.2, -0.15) is 4.98 Å². The van der Waals surface area contributed by atoms with Crippen molar-refractivity contribution >= 4 is 10.0 Å². The molecule has 0 amide bonds. The van der Waals surface area contributed by atoms with E-state index in [4.69, 9.17) is 9.26 Å². The van der Waals surface area contributed by atoms with Gasteiger partial charge in [0.15, 0.2) is 5.82 Å². The number of nitrogens with one attached hydrogen (secondary N) is 1. The number of benzene rings is 1. The fourth-order valence-electron chi connectivity index (χ4n) is 1.98. The summed E-state index contributed by atoms with van der Waals surface area (Å²) in [6.45, 7) is 7.41. The van der Waals surface area contributed by atoms with Gasteiger partial charge in [-0.1, -0.05) is 19.0 Å². The molecule has 0 saturated heterocycles.